The normalized spacial score (nSPS) is 17.9. The van der Waals surface area contributed by atoms with Crippen LogP contribution in [0.3, 0.4) is 0 Å². The number of esters is 1. The molecule has 3 aromatic rings. The number of halogens is 1. The van der Waals surface area contributed by atoms with E-state index in [9.17, 15) is 24.5 Å². The lowest BCUT2D eigenvalue weighted by molar-refractivity contribution is -0.384. The highest BCUT2D eigenvalue weighted by atomic mass is 79.9. The predicted octanol–water partition coefficient (Wildman–Crippen LogP) is 4.06. The lowest BCUT2D eigenvalue weighted by atomic mass is 10.1. The minimum Gasteiger partial charge on any atom is -0.460 e. The second-order valence-electron chi connectivity index (χ2n) is 8.54. The van der Waals surface area contributed by atoms with Crippen molar-refractivity contribution in [3.8, 4) is 0 Å². The number of ether oxygens (including phenoxy) is 1. The minimum absolute atomic E-state index is 0.0491. The average Bonchev–Trinajstić information content (AvgIpc) is 2.93. The van der Waals surface area contributed by atoms with Gasteiger partial charge in [0.2, 0.25) is 11.8 Å². The Balaban J connectivity index is 1.40. The maximum atomic E-state index is 13.0. The summed E-state index contributed by atoms with van der Waals surface area (Å²) in [5.74, 6) is -1.08. The summed E-state index contributed by atoms with van der Waals surface area (Å²) in [5.41, 5.74) is 2.24. The van der Waals surface area contributed by atoms with Crippen LogP contribution in [-0.4, -0.2) is 38.9 Å². The zero-order valence-corrected chi connectivity index (χ0v) is 22.4. The number of carbonyl (C=O) groups excluding carboxylic acids is 3. The van der Waals surface area contributed by atoms with E-state index in [1.807, 2.05) is 60.7 Å². The van der Waals surface area contributed by atoms with Crippen LogP contribution < -0.4 is 10.6 Å². The molecule has 1 aliphatic heterocycles. The van der Waals surface area contributed by atoms with Crippen molar-refractivity contribution in [2.75, 3.05) is 0 Å². The highest BCUT2D eigenvalue weighted by molar-refractivity contribution is 9.10. The molecule has 196 valence electrons. The Bertz CT molecular complexity index is 1290. The van der Waals surface area contributed by atoms with Crippen molar-refractivity contribution in [1.82, 2.24) is 10.6 Å². The molecule has 38 heavy (non-hydrogen) atoms. The summed E-state index contributed by atoms with van der Waals surface area (Å²) in [6.07, 6.45) is 0.153. The van der Waals surface area contributed by atoms with Crippen molar-refractivity contribution >= 4 is 51.2 Å². The Kier molecular flexibility index (Phi) is 9.14. The van der Waals surface area contributed by atoms with Gasteiger partial charge in [-0.1, -0.05) is 76.6 Å². The average molecular weight is 598 g/mol. The largest absolute Gasteiger partial charge is 0.460 e. The van der Waals surface area contributed by atoms with E-state index in [2.05, 4.69) is 26.6 Å². The van der Waals surface area contributed by atoms with E-state index < -0.39 is 32.4 Å². The molecule has 0 spiro atoms. The fourth-order valence-corrected chi connectivity index (χ4v) is 6.03. The van der Waals surface area contributed by atoms with Gasteiger partial charge in [-0.15, -0.1) is 11.8 Å². The molecule has 0 bridgehead atoms. The Hall–Kier alpha value is -3.70. The molecule has 2 N–H and O–H groups in total. The third kappa shape index (κ3) is 6.99. The summed E-state index contributed by atoms with van der Waals surface area (Å²) in [4.78, 5) is 47.4. The molecule has 0 saturated carbocycles. The van der Waals surface area contributed by atoms with E-state index in [1.54, 1.807) is 0 Å². The van der Waals surface area contributed by atoms with Crippen molar-refractivity contribution < 1.29 is 24.0 Å². The summed E-state index contributed by atoms with van der Waals surface area (Å²) >= 11 is 4.82. The molecule has 1 aliphatic rings. The maximum Gasteiger partial charge on any atom is 0.321 e. The van der Waals surface area contributed by atoms with Gasteiger partial charge < -0.3 is 15.4 Å². The van der Waals surface area contributed by atoms with Gasteiger partial charge in [-0.05, 0) is 28.8 Å². The van der Waals surface area contributed by atoms with E-state index in [-0.39, 0.29) is 30.5 Å². The second kappa shape index (κ2) is 12.7. The summed E-state index contributed by atoms with van der Waals surface area (Å²) in [7, 11) is 0. The van der Waals surface area contributed by atoms with Gasteiger partial charge in [0.05, 0.1) is 16.6 Å². The van der Waals surface area contributed by atoms with E-state index in [0.717, 1.165) is 11.1 Å². The van der Waals surface area contributed by atoms with E-state index in [1.165, 1.54) is 36.0 Å². The second-order valence-corrected chi connectivity index (χ2v) is 10.8. The SMILES string of the molecule is O=C(Cc1ccccc1)N[C@@H]1C(=O)N[C@@H]1SC(c1ccccc1)C(Br)C(=O)OCc1ccc([N+](=O)[O-])cc1. The molecule has 0 aliphatic carbocycles. The summed E-state index contributed by atoms with van der Waals surface area (Å²) in [6.45, 7) is -0.0521. The van der Waals surface area contributed by atoms with Crippen LogP contribution >= 0.6 is 27.7 Å². The maximum absolute atomic E-state index is 13.0. The van der Waals surface area contributed by atoms with Crippen molar-refractivity contribution in [1.29, 1.82) is 0 Å². The Morgan fingerprint density at radius 2 is 1.63 bits per heavy atom. The molecule has 2 amide bonds. The van der Waals surface area contributed by atoms with Crippen molar-refractivity contribution in [2.24, 2.45) is 0 Å². The van der Waals surface area contributed by atoms with E-state index in [0.29, 0.717) is 5.56 Å². The molecular formula is C27H24BrN3O6S. The number of nitro groups is 1. The lowest BCUT2D eigenvalue weighted by Crippen LogP contribution is -2.68. The van der Waals surface area contributed by atoms with Crippen molar-refractivity contribution in [3.63, 3.8) is 0 Å². The van der Waals surface area contributed by atoms with Gasteiger partial charge >= 0.3 is 5.97 Å². The van der Waals surface area contributed by atoms with Crippen LogP contribution in [0.1, 0.15) is 21.9 Å². The van der Waals surface area contributed by atoms with Crippen molar-refractivity contribution in [3.05, 3.63) is 112 Å². The molecule has 4 rings (SSSR count). The third-order valence-corrected chi connectivity index (χ3v) is 8.61. The number of rotatable bonds is 11. The zero-order chi connectivity index (χ0) is 27.1. The number of alkyl halides is 1. The Labute approximate surface area is 231 Å². The summed E-state index contributed by atoms with van der Waals surface area (Å²) in [5, 5.41) is 15.6. The van der Waals surface area contributed by atoms with Crippen molar-refractivity contribution in [2.45, 2.75) is 34.5 Å². The molecule has 1 fully saturated rings. The minimum atomic E-state index is -0.772. The number of carbonyl (C=O) groups is 3. The molecule has 0 aromatic heterocycles. The van der Waals surface area contributed by atoms with Crippen LogP contribution in [0.5, 0.6) is 0 Å². The van der Waals surface area contributed by atoms with Gasteiger partial charge in [0.1, 0.15) is 22.8 Å². The summed E-state index contributed by atoms with van der Waals surface area (Å²) < 4.78 is 5.48. The molecule has 11 heteroatoms. The third-order valence-electron chi connectivity index (χ3n) is 5.83. The predicted molar refractivity (Wildman–Crippen MR) is 146 cm³/mol. The van der Waals surface area contributed by atoms with Gasteiger partial charge in [0.15, 0.2) is 0 Å². The first kappa shape index (κ1) is 27.3. The molecule has 2 unspecified atom stereocenters. The lowest BCUT2D eigenvalue weighted by Gasteiger charge is -2.39. The van der Waals surface area contributed by atoms with Gasteiger partial charge in [-0.25, -0.2) is 0 Å². The number of hydrogen-bond donors (Lipinski definition) is 2. The number of β-lactam (4-membered cyclic amide) rings is 1. The monoisotopic (exact) mass is 597 g/mol. The molecule has 3 aromatic carbocycles. The first-order valence-electron chi connectivity index (χ1n) is 11.7. The van der Waals surface area contributed by atoms with Gasteiger partial charge in [-0.3, -0.25) is 24.5 Å². The number of hydrogen-bond acceptors (Lipinski definition) is 7. The molecule has 1 saturated heterocycles. The highest BCUT2D eigenvalue weighted by Gasteiger charge is 2.44. The van der Waals surface area contributed by atoms with Gasteiger partial charge in [-0.2, -0.15) is 0 Å². The first-order chi connectivity index (χ1) is 18.3. The van der Waals surface area contributed by atoms with Gasteiger partial charge in [0.25, 0.3) is 5.69 Å². The van der Waals surface area contributed by atoms with Crippen LogP contribution in [0.25, 0.3) is 0 Å². The van der Waals surface area contributed by atoms with Crippen LogP contribution in [0.4, 0.5) is 5.69 Å². The fraction of sp³-hybridized carbons (Fsp3) is 0.222. The quantitative estimate of drug-likeness (QED) is 0.112. The van der Waals surface area contributed by atoms with E-state index in [4.69, 9.17) is 4.74 Å². The number of benzene rings is 3. The molecular weight excluding hydrogens is 574 g/mol. The first-order valence-corrected chi connectivity index (χ1v) is 13.6. The number of amides is 2. The van der Waals surface area contributed by atoms with Gasteiger partial charge in [0, 0.05) is 12.1 Å². The molecule has 9 nitrogen and oxygen atoms in total. The molecule has 4 atom stereocenters. The van der Waals surface area contributed by atoms with Crippen LogP contribution in [0.15, 0.2) is 84.9 Å². The summed E-state index contributed by atoms with van der Waals surface area (Å²) in [6, 6.07) is 23.6. The molecule has 1 heterocycles. The van der Waals surface area contributed by atoms with E-state index >= 15 is 0 Å². The number of nitrogens with zero attached hydrogens (tertiary/aromatic N) is 1. The topological polar surface area (TPSA) is 128 Å². The van der Waals surface area contributed by atoms with Crippen LogP contribution in [0, 0.1) is 10.1 Å². The fourth-order valence-electron chi connectivity index (χ4n) is 3.80. The van der Waals surface area contributed by atoms with Crippen LogP contribution in [0.2, 0.25) is 0 Å². The standard InChI is InChI=1S/C27H24BrN3O6S/c28-22(27(34)37-16-18-11-13-20(14-12-18)31(35)36)24(19-9-5-2-6-10-19)38-26-23(25(33)30-26)29-21(32)15-17-7-3-1-4-8-17/h1-14,22-24,26H,15-16H2,(H,29,32)(H,30,33)/t22?,23-,24?,26-/m1/s1. The smallest absolute Gasteiger partial charge is 0.321 e. The Morgan fingerprint density at radius 3 is 2.24 bits per heavy atom. The number of nitro benzene ring substituents is 1. The zero-order valence-electron chi connectivity index (χ0n) is 20.0. The number of thioether (sulfide) groups is 1. The van der Waals surface area contributed by atoms with Crippen LogP contribution in [-0.2, 0) is 32.1 Å². The number of non-ortho nitro benzene ring substituents is 1. The highest BCUT2D eigenvalue weighted by Crippen LogP contribution is 2.41. The molecule has 0 radical (unpaired) electrons. The Morgan fingerprint density at radius 1 is 1.00 bits per heavy atom. The number of nitrogens with one attached hydrogen (secondary N) is 2.